The molecule has 0 saturated carbocycles. The first kappa shape index (κ1) is 17.9. The number of benzene rings is 1. The highest BCUT2D eigenvalue weighted by Gasteiger charge is 2.22. The third-order valence-electron chi connectivity index (χ3n) is 4.52. The van der Waals surface area contributed by atoms with Crippen LogP contribution in [0.4, 0.5) is 5.69 Å². The largest absolute Gasteiger partial charge is 0.371 e. The van der Waals surface area contributed by atoms with Gasteiger partial charge in [0.1, 0.15) is 6.54 Å². The highest BCUT2D eigenvalue weighted by molar-refractivity contribution is 5.92. The maximum atomic E-state index is 12.4. The van der Waals surface area contributed by atoms with Gasteiger partial charge in [-0.1, -0.05) is 23.4 Å². The Bertz CT molecular complexity index is 750. The fourth-order valence-corrected chi connectivity index (χ4v) is 2.94. The van der Waals surface area contributed by atoms with E-state index in [-0.39, 0.29) is 30.1 Å². The van der Waals surface area contributed by atoms with Gasteiger partial charge in [0.25, 0.3) is 5.91 Å². The van der Waals surface area contributed by atoms with Gasteiger partial charge in [0.05, 0.1) is 6.20 Å². The van der Waals surface area contributed by atoms with Crippen molar-refractivity contribution in [2.45, 2.75) is 25.4 Å². The SMILES string of the molecule is CN(C)C(=O)Cn1cc(C(=O)NC2CCN(c3ccccc3)CC2)nn1. The van der Waals surface area contributed by atoms with Gasteiger partial charge in [-0.15, -0.1) is 5.10 Å². The van der Waals surface area contributed by atoms with Crippen molar-refractivity contribution in [3.05, 3.63) is 42.2 Å². The highest BCUT2D eigenvalue weighted by Crippen LogP contribution is 2.19. The average molecular weight is 356 g/mol. The van der Waals surface area contributed by atoms with E-state index in [0.29, 0.717) is 0 Å². The van der Waals surface area contributed by atoms with E-state index < -0.39 is 0 Å². The number of rotatable bonds is 5. The number of carbonyl (C=O) groups is 2. The van der Waals surface area contributed by atoms with Gasteiger partial charge in [0.15, 0.2) is 5.69 Å². The van der Waals surface area contributed by atoms with Gasteiger partial charge in [-0.3, -0.25) is 9.59 Å². The van der Waals surface area contributed by atoms with E-state index in [1.165, 1.54) is 21.5 Å². The molecule has 0 spiro atoms. The summed E-state index contributed by atoms with van der Waals surface area (Å²) in [5.41, 5.74) is 1.45. The third-order valence-corrected chi connectivity index (χ3v) is 4.52. The van der Waals surface area contributed by atoms with Crippen LogP contribution in [0.5, 0.6) is 0 Å². The van der Waals surface area contributed by atoms with Crippen LogP contribution in [0.2, 0.25) is 0 Å². The fourth-order valence-electron chi connectivity index (χ4n) is 2.94. The number of hydrogen-bond donors (Lipinski definition) is 1. The van der Waals surface area contributed by atoms with E-state index in [4.69, 9.17) is 0 Å². The third kappa shape index (κ3) is 4.38. The predicted octanol–water partition coefficient (Wildman–Crippen LogP) is 0.765. The van der Waals surface area contributed by atoms with Crippen LogP contribution in [-0.2, 0) is 11.3 Å². The van der Waals surface area contributed by atoms with Gasteiger partial charge in [0, 0.05) is 38.9 Å². The summed E-state index contributed by atoms with van der Waals surface area (Å²) in [5, 5.41) is 10.8. The number of anilines is 1. The maximum absolute atomic E-state index is 12.4. The molecule has 0 atom stereocenters. The Labute approximate surface area is 152 Å². The molecule has 0 unspecified atom stereocenters. The molecular weight excluding hydrogens is 332 g/mol. The van der Waals surface area contributed by atoms with Crippen molar-refractivity contribution in [2.75, 3.05) is 32.1 Å². The van der Waals surface area contributed by atoms with Crippen LogP contribution in [0.1, 0.15) is 23.3 Å². The van der Waals surface area contributed by atoms with Crippen molar-refractivity contribution in [2.24, 2.45) is 0 Å². The number of amides is 2. The van der Waals surface area contributed by atoms with Gasteiger partial charge in [-0.25, -0.2) is 4.68 Å². The van der Waals surface area contributed by atoms with Crippen LogP contribution in [0, 0.1) is 0 Å². The second kappa shape index (κ2) is 7.99. The van der Waals surface area contributed by atoms with E-state index in [1.54, 1.807) is 14.1 Å². The first-order chi connectivity index (χ1) is 12.5. The second-order valence-electron chi connectivity index (χ2n) is 6.66. The number of carbonyl (C=O) groups excluding carboxylic acids is 2. The minimum Gasteiger partial charge on any atom is -0.371 e. The van der Waals surface area contributed by atoms with Crippen LogP contribution in [-0.4, -0.2) is 64.9 Å². The number of nitrogens with one attached hydrogen (secondary N) is 1. The monoisotopic (exact) mass is 356 g/mol. The molecule has 0 radical (unpaired) electrons. The Balaban J connectivity index is 1.50. The standard InChI is InChI=1S/C18H24N6O2/c1-22(2)17(25)13-24-12-16(20-21-24)18(26)19-14-8-10-23(11-9-14)15-6-4-3-5-7-15/h3-7,12,14H,8-11,13H2,1-2H3,(H,19,26). The van der Waals surface area contributed by atoms with E-state index in [9.17, 15) is 9.59 Å². The Morgan fingerprint density at radius 2 is 1.88 bits per heavy atom. The summed E-state index contributed by atoms with van der Waals surface area (Å²) < 4.78 is 1.38. The molecule has 3 rings (SSSR count). The first-order valence-corrected chi connectivity index (χ1v) is 8.74. The number of hydrogen-bond acceptors (Lipinski definition) is 5. The summed E-state index contributed by atoms with van der Waals surface area (Å²) in [6.45, 7) is 1.88. The Kier molecular flexibility index (Phi) is 5.50. The minimum absolute atomic E-state index is 0.0722. The molecule has 2 aromatic rings. The Morgan fingerprint density at radius 3 is 2.54 bits per heavy atom. The van der Waals surface area contributed by atoms with Gasteiger partial charge < -0.3 is 15.1 Å². The summed E-state index contributed by atoms with van der Waals surface area (Å²) in [6, 6.07) is 10.4. The zero-order valence-corrected chi connectivity index (χ0v) is 15.1. The smallest absolute Gasteiger partial charge is 0.273 e. The molecule has 1 saturated heterocycles. The van der Waals surface area contributed by atoms with E-state index >= 15 is 0 Å². The summed E-state index contributed by atoms with van der Waals surface area (Å²) in [7, 11) is 3.35. The van der Waals surface area contributed by atoms with Crippen molar-refractivity contribution in [1.29, 1.82) is 0 Å². The number of para-hydroxylation sites is 1. The van der Waals surface area contributed by atoms with Crippen LogP contribution in [0.25, 0.3) is 0 Å². The van der Waals surface area contributed by atoms with Gasteiger partial charge >= 0.3 is 0 Å². The molecule has 138 valence electrons. The van der Waals surface area contributed by atoms with Gasteiger partial charge in [-0.05, 0) is 25.0 Å². The molecule has 1 fully saturated rings. The van der Waals surface area contributed by atoms with Crippen LogP contribution in [0.3, 0.4) is 0 Å². The second-order valence-corrected chi connectivity index (χ2v) is 6.66. The first-order valence-electron chi connectivity index (χ1n) is 8.74. The van der Waals surface area contributed by atoms with E-state index in [0.717, 1.165) is 25.9 Å². The molecule has 0 aliphatic carbocycles. The number of piperidine rings is 1. The highest BCUT2D eigenvalue weighted by atomic mass is 16.2. The maximum Gasteiger partial charge on any atom is 0.273 e. The summed E-state index contributed by atoms with van der Waals surface area (Å²) in [6.07, 6.45) is 3.28. The molecule has 1 aliphatic heterocycles. The number of likely N-dealkylation sites (N-methyl/N-ethyl adjacent to an activating group) is 1. The number of nitrogens with zero attached hydrogens (tertiary/aromatic N) is 5. The van der Waals surface area contributed by atoms with Crippen molar-refractivity contribution in [1.82, 2.24) is 25.2 Å². The van der Waals surface area contributed by atoms with E-state index in [2.05, 4.69) is 32.7 Å². The average Bonchev–Trinajstić information content (AvgIpc) is 3.11. The van der Waals surface area contributed by atoms with Crippen molar-refractivity contribution in [3.8, 4) is 0 Å². The molecule has 2 amide bonds. The van der Waals surface area contributed by atoms with Gasteiger partial charge in [0.2, 0.25) is 5.91 Å². The normalized spacial score (nSPS) is 14.9. The minimum atomic E-state index is -0.244. The van der Waals surface area contributed by atoms with Crippen LogP contribution >= 0.6 is 0 Å². The zero-order valence-electron chi connectivity index (χ0n) is 15.1. The molecule has 1 aromatic heterocycles. The lowest BCUT2D eigenvalue weighted by atomic mass is 10.0. The lowest BCUT2D eigenvalue weighted by Crippen LogP contribution is -2.44. The molecule has 26 heavy (non-hydrogen) atoms. The molecule has 1 aromatic carbocycles. The molecule has 8 nitrogen and oxygen atoms in total. The summed E-state index contributed by atoms with van der Waals surface area (Å²) >= 11 is 0. The predicted molar refractivity (Wildman–Crippen MR) is 97.9 cm³/mol. The van der Waals surface area contributed by atoms with Crippen LogP contribution in [0.15, 0.2) is 36.5 Å². The van der Waals surface area contributed by atoms with Gasteiger partial charge in [-0.2, -0.15) is 0 Å². The zero-order chi connectivity index (χ0) is 18.5. The quantitative estimate of drug-likeness (QED) is 0.855. The lowest BCUT2D eigenvalue weighted by molar-refractivity contribution is -0.129. The Morgan fingerprint density at radius 1 is 1.19 bits per heavy atom. The van der Waals surface area contributed by atoms with Crippen molar-refractivity contribution < 1.29 is 9.59 Å². The summed E-state index contributed by atoms with van der Waals surface area (Å²) in [5.74, 6) is -0.346. The molecule has 2 heterocycles. The van der Waals surface area contributed by atoms with Crippen molar-refractivity contribution >= 4 is 17.5 Å². The van der Waals surface area contributed by atoms with Crippen molar-refractivity contribution in [3.63, 3.8) is 0 Å². The molecule has 1 N–H and O–H groups in total. The fraction of sp³-hybridized carbons (Fsp3) is 0.444. The van der Waals surface area contributed by atoms with E-state index in [1.807, 2.05) is 18.2 Å². The van der Waals surface area contributed by atoms with Crippen LogP contribution < -0.4 is 10.2 Å². The molecule has 0 bridgehead atoms. The Hall–Kier alpha value is -2.90. The topological polar surface area (TPSA) is 83.4 Å². The lowest BCUT2D eigenvalue weighted by Gasteiger charge is -2.33. The molecular formula is C18H24N6O2. The molecule has 8 heteroatoms. The number of aromatic nitrogens is 3. The molecule has 1 aliphatic rings. The summed E-state index contributed by atoms with van der Waals surface area (Å²) in [4.78, 5) is 27.8.